The smallest absolute Gasteiger partial charge is 0.233 e. The highest BCUT2D eigenvalue weighted by molar-refractivity contribution is 7.92. The number of benzene rings is 2. The average Bonchev–Trinajstić information content (AvgIpc) is 2.55. The summed E-state index contributed by atoms with van der Waals surface area (Å²) in [5, 5.41) is 1.47. The molecule has 1 aliphatic rings. The maximum Gasteiger partial charge on any atom is 0.233 e. The van der Waals surface area contributed by atoms with Crippen LogP contribution in [-0.4, -0.2) is 28.3 Å². The van der Waals surface area contributed by atoms with Crippen molar-refractivity contribution in [1.82, 2.24) is 0 Å². The van der Waals surface area contributed by atoms with E-state index >= 15 is 0 Å². The van der Waals surface area contributed by atoms with Gasteiger partial charge >= 0.3 is 0 Å². The molecule has 0 amide bonds. The lowest BCUT2D eigenvalue weighted by atomic mass is 10.1. The molecule has 0 fully saturated rings. The Hall–Kier alpha value is -2.45. The minimum atomic E-state index is -3.07. The zero-order chi connectivity index (χ0) is 19.5. The Balaban J connectivity index is 0.000000187. The number of hydrogen-bond acceptors (Lipinski definition) is 6. The molecule has 0 aliphatic carbocycles. The summed E-state index contributed by atoms with van der Waals surface area (Å²) in [6.45, 7) is 3.85. The molecule has 8 heteroatoms. The maximum absolute atomic E-state index is 11.3. The quantitative estimate of drug-likeness (QED) is 0.420. The van der Waals surface area contributed by atoms with Crippen LogP contribution in [0, 0.1) is 13.8 Å². The van der Waals surface area contributed by atoms with Crippen LogP contribution >= 0.6 is 0 Å². The number of aryl methyl sites for hydroxylation is 3. The van der Waals surface area contributed by atoms with E-state index in [2.05, 4.69) is 4.72 Å². The van der Waals surface area contributed by atoms with Gasteiger partial charge in [-0.2, -0.15) is 0 Å². The molecule has 7 nitrogen and oxygen atoms in total. The minimum Gasteiger partial charge on any atom is -0.496 e. The van der Waals surface area contributed by atoms with Crippen molar-refractivity contribution in [3.8, 4) is 5.75 Å². The molecule has 0 radical (unpaired) electrons. The van der Waals surface area contributed by atoms with Gasteiger partial charge in [0, 0.05) is 13.1 Å². The first-order chi connectivity index (χ1) is 12.1. The summed E-state index contributed by atoms with van der Waals surface area (Å²) in [6, 6.07) is 9.49. The molecule has 3 rings (SSSR count). The van der Waals surface area contributed by atoms with Gasteiger partial charge in [0.1, 0.15) is 5.75 Å². The minimum absolute atomic E-state index is 0.198. The molecule has 1 heterocycles. The van der Waals surface area contributed by atoms with E-state index in [9.17, 15) is 8.42 Å². The van der Waals surface area contributed by atoms with Crippen molar-refractivity contribution in [3.63, 3.8) is 0 Å². The Labute approximate surface area is 155 Å². The molecule has 1 aliphatic heterocycles. The van der Waals surface area contributed by atoms with Gasteiger partial charge in [-0.1, -0.05) is 18.2 Å². The summed E-state index contributed by atoms with van der Waals surface area (Å²) in [5.74, 6) is 6.58. The number of rotatable bonds is 2. The summed E-state index contributed by atoms with van der Waals surface area (Å²) >= 11 is 0. The molecular weight excluding hydrogens is 352 g/mol. The molecule has 0 aromatic heterocycles. The summed E-state index contributed by atoms with van der Waals surface area (Å²) in [5.41, 5.74) is 11.0. The number of ether oxygens (including phenoxy) is 1. The van der Waals surface area contributed by atoms with Crippen LogP contribution in [-0.2, 0) is 16.4 Å². The fourth-order valence-electron chi connectivity index (χ4n) is 2.76. The van der Waals surface area contributed by atoms with Gasteiger partial charge in [0.05, 0.1) is 29.9 Å². The van der Waals surface area contributed by atoms with E-state index in [-0.39, 0.29) is 5.75 Å². The number of sulfonamides is 1. The van der Waals surface area contributed by atoms with E-state index < -0.39 is 10.0 Å². The van der Waals surface area contributed by atoms with Crippen LogP contribution < -0.4 is 26.0 Å². The predicted octanol–water partition coefficient (Wildman–Crippen LogP) is 2.19. The zero-order valence-electron chi connectivity index (χ0n) is 15.5. The van der Waals surface area contributed by atoms with Gasteiger partial charge in [-0.25, -0.2) is 14.3 Å². The van der Waals surface area contributed by atoms with Crippen LogP contribution in [0.1, 0.15) is 16.7 Å². The summed E-state index contributed by atoms with van der Waals surface area (Å²) in [4.78, 5) is 0. The lowest BCUT2D eigenvalue weighted by molar-refractivity contribution is 0.412. The van der Waals surface area contributed by atoms with Gasteiger partial charge in [-0.3, -0.25) is 4.72 Å². The number of nitrogens with zero attached hydrogens (tertiary/aromatic N) is 1. The predicted molar refractivity (Wildman–Crippen MR) is 107 cm³/mol. The maximum atomic E-state index is 11.3. The first-order valence-corrected chi connectivity index (χ1v) is 9.81. The third-order valence-electron chi connectivity index (χ3n) is 4.18. The molecule has 2 aromatic carbocycles. The number of anilines is 3. The SMILES string of the molecule is COc1cc(N(C)N)c(N)cc1C.Cc1cccc2c1NS(=O)(=O)CC2. The highest BCUT2D eigenvalue weighted by Gasteiger charge is 2.20. The lowest BCUT2D eigenvalue weighted by Gasteiger charge is -2.19. The van der Waals surface area contributed by atoms with Crippen molar-refractivity contribution in [3.05, 3.63) is 47.0 Å². The third-order valence-corrected chi connectivity index (χ3v) is 5.44. The van der Waals surface area contributed by atoms with Gasteiger partial charge in [-0.05, 0) is 43.0 Å². The van der Waals surface area contributed by atoms with Crippen LogP contribution in [0.2, 0.25) is 0 Å². The Morgan fingerprint density at radius 3 is 2.50 bits per heavy atom. The molecule has 0 bridgehead atoms. The summed E-state index contributed by atoms with van der Waals surface area (Å²) < 4.78 is 30.2. The van der Waals surface area contributed by atoms with E-state index in [1.165, 1.54) is 5.01 Å². The Bertz CT molecular complexity index is 896. The van der Waals surface area contributed by atoms with Crippen molar-refractivity contribution in [2.75, 3.05) is 35.4 Å². The van der Waals surface area contributed by atoms with Gasteiger partial charge in [0.2, 0.25) is 10.0 Å². The fourth-order valence-corrected chi connectivity index (χ4v) is 3.95. The molecule has 26 heavy (non-hydrogen) atoms. The Morgan fingerprint density at radius 1 is 1.19 bits per heavy atom. The second kappa shape index (κ2) is 7.84. The summed E-state index contributed by atoms with van der Waals surface area (Å²) in [6.07, 6.45) is 0.617. The second-order valence-corrected chi connectivity index (χ2v) is 8.11. The van der Waals surface area contributed by atoms with Gasteiger partial charge < -0.3 is 15.5 Å². The number of methoxy groups -OCH3 is 1. The van der Waals surface area contributed by atoms with Crippen LogP contribution in [0.25, 0.3) is 0 Å². The van der Waals surface area contributed by atoms with E-state index in [0.29, 0.717) is 12.1 Å². The van der Waals surface area contributed by atoms with E-state index in [1.54, 1.807) is 14.2 Å². The van der Waals surface area contributed by atoms with Gasteiger partial charge in [0.25, 0.3) is 0 Å². The molecule has 0 unspecified atom stereocenters. The van der Waals surface area contributed by atoms with Crippen molar-refractivity contribution >= 4 is 27.1 Å². The first-order valence-electron chi connectivity index (χ1n) is 8.16. The monoisotopic (exact) mass is 378 g/mol. The molecule has 0 atom stereocenters. The highest BCUT2D eigenvalue weighted by atomic mass is 32.2. The fraction of sp³-hybridized carbons (Fsp3) is 0.333. The number of hydrazine groups is 1. The number of nitrogens with one attached hydrogen (secondary N) is 1. The van der Waals surface area contributed by atoms with Crippen molar-refractivity contribution in [2.24, 2.45) is 5.84 Å². The van der Waals surface area contributed by atoms with Crippen LogP contribution in [0.4, 0.5) is 17.1 Å². The first kappa shape index (κ1) is 19.9. The Kier molecular flexibility index (Phi) is 5.99. The normalized spacial score (nSPS) is 14.3. The van der Waals surface area contributed by atoms with Gasteiger partial charge in [-0.15, -0.1) is 0 Å². The molecular formula is C18H26N4O3S. The topological polar surface area (TPSA) is 111 Å². The number of fused-ring (bicyclic) bond motifs is 1. The lowest BCUT2D eigenvalue weighted by Crippen LogP contribution is -2.26. The third kappa shape index (κ3) is 4.59. The number of nitrogen functional groups attached to an aromatic ring is 1. The van der Waals surface area contributed by atoms with E-state index in [4.69, 9.17) is 16.3 Å². The standard InChI is InChI=1S/C9H15N3O.C9H11NO2S/c1-6-4-7(10)8(12(2)11)5-9(6)13-3;1-7-3-2-4-8-5-6-13(11,12)10-9(7)8/h4-5H,10-11H2,1-3H3;2-4,10H,5-6H2,1H3. The summed E-state index contributed by atoms with van der Waals surface area (Å²) in [7, 11) is 0.292. The van der Waals surface area contributed by atoms with Crippen molar-refractivity contribution in [1.29, 1.82) is 0 Å². The molecule has 0 saturated heterocycles. The van der Waals surface area contributed by atoms with E-state index in [0.717, 1.165) is 33.8 Å². The zero-order valence-corrected chi connectivity index (χ0v) is 16.4. The highest BCUT2D eigenvalue weighted by Crippen LogP contribution is 2.29. The molecule has 5 N–H and O–H groups in total. The van der Waals surface area contributed by atoms with E-state index in [1.807, 2.05) is 44.2 Å². The van der Waals surface area contributed by atoms with Crippen molar-refractivity contribution in [2.45, 2.75) is 20.3 Å². The number of para-hydroxylation sites is 1. The number of hydrogen-bond donors (Lipinski definition) is 3. The van der Waals surface area contributed by atoms with Crippen molar-refractivity contribution < 1.29 is 13.2 Å². The van der Waals surface area contributed by atoms with Crippen LogP contribution in [0.15, 0.2) is 30.3 Å². The molecule has 0 saturated carbocycles. The average molecular weight is 378 g/mol. The Morgan fingerprint density at radius 2 is 1.88 bits per heavy atom. The van der Waals surface area contributed by atoms with Gasteiger partial charge in [0.15, 0.2) is 0 Å². The molecule has 0 spiro atoms. The largest absolute Gasteiger partial charge is 0.496 e. The van der Waals surface area contributed by atoms with Crippen LogP contribution in [0.3, 0.4) is 0 Å². The molecule has 2 aromatic rings. The second-order valence-electron chi connectivity index (χ2n) is 6.27. The number of nitrogens with two attached hydrogens (primary N) is 2. The van der Waals surface area contributed by atoms with Crippen LogP contribution in [0.5, 0.6) is 5.75 Å². The molecule has 142 valence electrons.